The number of pyridine rings is 1. The van der Waals surface area contributed by atoms with Crippen molar-refractivity contribution < 1.29 is 9.84 Å². The predicted molar refractivity (Wildman–Crippen MR) is 76.1 cm³/mol. The van der Waals surface area contributed by atoms with Crippen LogP contribution in [0, 0.1) is 5.92 Å². The highest BCUT2D eigenvalue weighted by molar-refractivity contribution is 5.85. The van der Waals surface area contributed by atoms with Gasteiger partial charge in [-0.1, -0.05) is 24.3 Å². The largest absolute Gasteiger partial charge is 0.491 e. The predicted octanol–water partition coefficient (Wildman–Crippen LogP) is 3.03. The van der Waals surface area contributed by atoms with Gasteiger partial charge in [-0.15, -0.1) is 0 Å². The second-order valence-electron chi connectivity index (χ2n) is 4.90. The maximum atomic E-state index is 8.81. The van der Waals surface area contributed by atoms with Crippen molar-refractivity contribution in [2.45, 2.75) is 12.8 Å². The molecule has 1 aliphatic carbocycles. The van der Waals surface area contributed by atoms with Gasteiger partial charge in [-0.2, -0.15) is 0 Å². The third kappa shape index (κ3) is 2.93. The minimum absolute atomic E-state index is 0.0273. The minimum atomic E-state index is 0.0273. The first-order valence-corrected chi connectivity index (χ1v) is 6.67. The molecule has 3 nitrogen and oxygen atoms in total. The van der Waals surface area contributed by atoms with E-state index in [9.17, 15) is 0 Å². The summed E-state index contributed by atoms with van der Waals surface area (Å²) in [5.41, 5.74) is 1.73. The van der Waals surface area contributed by atoms with Gasteiger partial charge in [0.2, 0.25) is 0 Å². The van der Waals surface area contributed by atoms with Crippen LogP contribution in [0.2, 0.25) is 0 Å². The molecule has 1 aromatic carbocycles. The minimum Gasteiger partial charge on any atom is -0.491 e. The van der Waals surface area contributed by atoms with Crippen LogP contribution in [-0.2, 0) is 0 Å². The normalized spacial score (nSPS) is 15.2. The SMILES string of the molecule is OCC=Cc1ccc2cccc(OCC3CC3)c2n1. The van der Waals surface area contributed by atoms with Crippen LogP contribution in [0.3, 0.4) is 0 Å². The monoisotopic (exact) mass is 255 g/mol. The zero-order chi connectivity index (χ0) is 13.1. The molecule has 0 spiro atoms. The van der Waals surface area contributed by atoms with E-state index in [0.29, 0.717) is 0 Å². The highest BCUT2D eigenvalue weighted by atomic mass is 16.5. The van der Waals surface area contributed by atoms with Crippen LogP contribution in [-0.4, -0.2) is 23.3 Å². The number of fused-ring (bicyclic) bond motifs is 1. The second-order valence-corrected chi connectivity index (χ2v) is 4.90. The number of aliphatic hydroxyl groups excluding tert-OH is 1. The smallest absolute Gasteiger partial charge is 0.145 e. The fourth-order valence-corrected chi connectivity index (χ4v) is 2.01. The first-order chi connectivity index (χ1) is 9.36. The van der Waals surface area contributed by atoms with Crippen molar-refractivity contribution in [2.24, 2.45) is 5.92 Å². The quantitative estimate of drug-likeness (QED) is 0.893. The second kappa shape index (κ2) is 5.41. The molecule has 0 atom stereocenters. The standard InChI is InChI=1S/C16H17NO2/c18-10-2-4-14-9-8-13-3-1-5-15(16(13)17-14)19-11-12-6-7-12/h1-5,8-9,12,18H,6-7,10-11H2. The number of aromatic nitrogens is 1. The van der Waals surface area contributed by atoms with Gasteiger partial charge in [0.15, 0.2) is 0 Å². The van der Waals surface area contributed by atoms with E-state index in [4.69, 9.17) is 9.84 Å². The Morgan fingerprint density at radius 1 is 1.26 bits per heavy atom. The van der Waals surface area contributed by atoms with E-state index in [1.807, 2.05) is 36.4 Å². The van der Waals surface area contributed by atoms with Crippen LogP contribution in [0.15, 0.2) is 36.4 Å². The van der Waals surface area contributed by atoms with Crippen molar-refractivity contribution >= 4 is 17.0 Å². The van der Waals surface area contributed by atoms with Crippen molar-refractivity contribution in [3.8, 4) is 5.75 Å². The Hall–Kier alpha value is -1.87. The molecule has 1 aromatic heterocycles. The topological polar surface area (TPSA) is 42.4 Å². The van der Waals surface area contributed by atoms with Gasteiger partial charge >= 0.3 is 0 Å². The zero-order valence-corrected chi connectivity index (χ0v) is 10.7. The Morgan fingerprint density at radius 2 is 2.16 bits per heavy atom. The molecule has 1 saturated carbocycles. The van der Waals surface area contributed by atoms with Crippen LogP contribution in [0.4, 0.5) is 0 Å². The molecule has 1 heterocycles. The van der Waals surface area contributed by atoms with Crippen LogP contribution in [0.5, 0.6) is 5.75 Å². The van der Waals surface area contributed by atoms with Crippen molar-refractivity contribution in [1.82, 2.24) is 4.98 Å². The Kier molecular flexibility index (Phi) is 3.47. The lowest BCUT2D eigenvalue weighted by Gasteiger charge is -2.08. The highest BCUT2D eigenvalue weighted by Gasteiger charge is 2.22. The summed E-state index contributed by atoms with van der Waals surface area (Å²) in [6.45, 7) is 0.817. The molecule has 98 valence electrons. The van der Waals surface area contributed by atoms with Crippen LogP contribution >= 0.6 is 0 Å². The van der Waals surface area contributed by atoms with Crippen LogP contribution in [0.1, 0.15) is 18.5 Å². The summed E-state index contributed by atoms with van der Waals surface area (Å²) in [5.74, 6) is 1.58. The fourth-order valence-electron chi connectivity index (χ4n) is 2.01. The lowest BCUT2D eigenvalue weighted by Crippen LogP contribution is -2.00. The number of benzene rings is 1. The summed E-state index contributed by atoms with van der Waals surface area (Å²) in [5, 5.41) is 9.89. The molecular weight excluding hydrogens is 238 g/mol. The maximum absolute atomic E-state index is 8.81. The Bertz CT molecular complexity index is 603. The Balaban J connectivity index is 1.92. The molecule has 2 aromatic rings. The molecule has 3 heteroatoms. The fraction of sp³-hybridized carbons (Fsp3) is 0.312. The third-order valence-electron chi connectivity index (χ3n) is 3.27. The molecule has 0 amide bonds. The van der Waals surface area contributed by atoms with E-state index in [0.717, 1.165) is 34.9 Å². The van der Waals surface area contributed by atoms with E-state index in [2.05, 4.69) is 4.98 Å². The summed E-state index contributed by atoms with van der Waals surface area (Å²) < 4.78 is 5.87. The first kappa shape index (κ1) is 12.2. The lowest BCUT2D eigenvalue weighted by molar-refractivity contribution is 0.302. The number of aliphatic hydroxyl groups is 1. The summed E-state index contributed by atoms with van der Waals surface area (Å²) in [4.78, 5) is 4.59. The number of ether oxygens (including phenoxy) is 1. The molecule has 0 bridgehead atoms. The average Bonchev–Trinajstić information content (AvgIpc) is 3.27. The molecule has 0 aliphatic heterocycles. The highest BCUT2D eigenvalue weighted by Crippen LogP contribution is 2.31. The first-order valence-electron chi connectivity index (χ1n) is 6.67. The van der Waals surface area contributed by atoms with E-state index in [1.54, 1.807) is 6.08 Å². The molecule has 1 aliphatic rings. The zero-order valence-electron chi connectivity index (χ0n) is 10.7. The maximum Gasteiger partial charge on any atom is 0.145 e. The summed E-state index contributed by atoms with van der Waals surface area (Å²) in [7, 11) is 0. The van der Waals surface area contributed by atoms with Crippen LogP contribution in [0.25, 0.3) is 17.0 Å². The summed E-state index contributed by atoms with van der Waals surface area (Å²) in [6, 6.07) is 9.97. The number of para-hydroxylation sites is 1. The van der Waals surface area contributed by atoms with Gasteiger partial charge in [0.25, 0.3) is 0 Å². The van der Waals surface area contributed by atoms with E-state index >= 15 is 0 Å². The number of hydrogen-bond donors (Lipinski definition) is 1. The molecule has 1 fully saturated rings. The summed E-state index contributed by atoms with van der Waals surface area (Å²) in [6.07, 6.45) is 6.06. The third-order valence-corrected chi connectivity index (χ3v) is 3.27. The van der Waals surface area contributed by atoms with Gasteiger partial charge in [-0.05, 0) is 37.0 Å². The Labute approximate surface area is 112 Å². The van der Waals surface area contributed by atoms with Crippen molar-refractivity contribution in [2.75, 3.05) is 13.2 Å². The van der Waals surface area contributed by atoms with E-state index in [1.165, 1.54) is 12.8 Å². The molecule has 0 unspecified atom stereocenters. The van der Waals surface area contributed by atoms with Crippen LogP contribution < -0.4 is 4.74 Å². The van der Waals surface area contributed by atoms with Gasteiger partial charge < -0.3 is 9.84 Å². The lowest BCUT2D eigenvalue weighted by atomic mass is 10.2. The van der Waals surface area contributed by atoms with E-state index < -0.39 is 0 Å². The van der Waals surface area contributed by atoms with Gasteiger partial charge in [0.05, 0.1) is 18.9 Å². The van der Waals surface area contributed by atoms with Gasteiger partial charge in [0, 0.05) is 5.39 Å². The molecule has 1 N–H and O–H groups in total. The number of nitrogens with zero attached hydrogens (tertiary/aromatic N) is 1. The molecule has 0 radical (unpaired) electrons. The molecule has 3 rings (SSSR count). The number of rotatable bonds is 5. The van der Waals surface area contributed by atoms with Gasteiger partial charge in [-0.25, -0.2) is 4.98 Å². The van der Waals surface area contributed by atoms with Crippen molar-refractivity contribution in [1.29, 1.82) is 0 Å². The average molecular weight is 255 g/mol. The van der Waals surface area contributed by atoms with Crippen molar-refractivity contribution in [3.05, 3.63) is 42.1 Å². The Morgan fingerprint density at radius 3 is 2.95 bits per heavy atom. The number of hydrogen-bond acceptors (Lipinski definition) is 3. The summed E-state index contributed by atoms with van der Waals surface area (Å²) >= 11 is 0. The molecule has 19 heavy (non-hydrogen) atoms. The van der Waals surface area contributed by atoms with Crippen molar-refractivity contribution in [3.63, 3.8) is 0 Å². The molecular formula is C16H17NO2. The molecule has 0 saturated heterocycles. The van der Waals surface area contributed by atoms with Gasteiger partial charge in [0.1, 0.15) is 11.3 Å². The van der Waals surface area contributed by atoms with Gasteiger partial charge in [-0.3, -0.25) is 0 Å². The van der Waals surface area contributed by atoms with E-state index in [-0.39, 0.29) is 6.61 Å².